The normalized spacial score (nSPS) is 27.0. The van der Waals surface area contributed by atoms with Crippen molar-refractivity contribution in [3.8, 4) is 0 Å². The van der Waals surface area contributed by atoms with Crippen LogP contribution in [0.2, 0.25) is 0 Å². The first kappa shape index (κ1) is 18.9. The van der Waals surface area contributed by atoms with Crippen molar-refractivity contribution in [3.63, 3.8) is 0 Å². The molecule has 22 heavy (non-hydrogen) atoms. The van der Waals surface area contributed by atoms with Gasteiger partial charge in [0.1, 0.15) is 23.0 Å². The number of hydrogen-bond acceptors (Lipinski definition) is 4. The molecule has 2 rings (SSSR count). The van der Waals surface area contributed by atoms with Crippen LogP contribution in [0, 0.1) is 11.8 Å². The molecule has 4 nitrogen and oxygen atoms in total. The lowest BCUT2D eigenvalue weighted by molar-refractivity contribution is 0.104. The van der Waals surface area contributed by atoms with Gasteiger partial charge in [-0.25, -0.2) is 0 Å². The smallest absolute Gasteiger partial charge is 0.109 e. The fourth-order valence-corrected chi connectivity index (χ4v) is 4.12. The van der Waals surface area contributed by atoms with Gasteiger partial charge < -0.3 is 17.6 Å². The number of ether oxygens (including phenoxy) is 1. The second-order valence-electron chi connectivity index (χ2n) is 7.08. The summed E-state index contributed by atoms with van der Waals surface area (Å²) in [6.07, 6.45) is 7.83. The average molecular weight is 424 g/mol. The van der Waals surface area contributed by atoms with E-state index in [0.717, 1.165) is 38.2 Å². The van der Waals surface area contributed by atoms with Crippen LogP contribution in [0.25, 0.3) is 0 Å². The molecule has 130 valence electrons. The van der Waals surface area contributed by atoms with Crippen molar-refractivity contribution >= 4 is 23.0 Å². The molecule has 0 aromatic rings. The Balaban J connectivity index is 1.39. The maximum absolute atomic E-state index is 5.84. The second kappa shape index (κ2) is 11.2. The van der Waals surface area contributed by atoms with Gasteiger partial charge in [-0.1, -0.05) is 0 Å². The van der Waals surface area contributed by atoms with Crippen LogP contribution in [0.1, 0.15) is 38.5 Å². The monoisotopic (exact) mass is 424 g/mol. The van der Waals surface area contributed by atoms with Gasteiger partial charge in [0.25, 0.3) is 0 Å². The molecule has 0 unspecified atom stereocenters. The molecule has 2 fully saturated rings. The minimum Gasteiger partial charge on any atom is -0.380 e. The third-order valence-corrected chi connectivity index (χ3v) is 5.59. The van der Waals surface area contributed by atoms with Gasteiger partial charge in [0, 0.05) is 26.2 Å². The quantitative estimate of drug-likeness (QED) is 0.376. The molecule has 0 aliphatic carbocycles. The van der Waals surface area contributed by atoms with E-state index in [1.165, 1.54) is 64.7 Å². The van der Waals surface area contributed by atoms with E-state index in [1.807, 2.05) is 23.0 Å². The Morgan fingerprint density at radius 3 is 2.41 bits per heavy atom. The van der Waals surface area contributed by atoms with Gasteiger partial charge in [0.2, 0.25) is 0 Å². The van der Waals surface area contributed by atoms with E-state index in [1.54, 1.807) is 0 Å². The summed E-state index contributed by atoms with van der Waals surface area (Å²) in [5.74, 6) is 1.80. The van der Waals surface area contributed by atoms with E-state index in [9.17, 15) is 0 Å². The molecule has 0 spiro atoms. The Bertz CT molecular complexity index is 294. The lowest BCUT2D eigenvalue weighted by Crippen LogP contribution is -2.25. The highest BCUT2D eigenvalue weighted by Crippen LogP contribution is 2.21. The van der Waals surface area contributed by atoms with Crippen LogP contribution in [0.15, 0.2) is 0 Å². The molecule has 2 heterocycles. The third kappa shape index (κ3) is 7.43. The fraction of sp³-hybridized carbons (Fsp3) is 1.00. The maximum atomic E-state index is 5.84. The van der Waals surface area contributed by atoms with E-state index in [2.05, 4.69) is 16.8 Å². The summed E-state index contributed by atoms with van der Waals surface area (Å²) in [5.41, 5.74) is 0. The summed E-state index contributed by atoms with van der Waals surface area (Å²) in [6, 6.07) is 0. The topological polar surface area (TPSA) is 24.9 Å². The molecule has 5 heteroatoms. The lowest BCUT2D eigenvalue weighted by Gasteiger charge is -2.16. The summed E-state index contributed by atoms with van der Waals surface area (Å²) < 4.78 is 10.9. The highest BCUT2D eigenvalue weighted by atomic mass is 127. The molecular formula is C17H33IN2O2. The van der Waals surface area contributed by atoms with Crippen LogP contribution < -0.4 is 0 Å². The molecule has 0 saturated carbocycles. The summed E-state index contributed by atoms with van der Waals surface area (Å²) in [7, 11) is 2.23. The molecular weight excluding hydrogens is 391 g/mol. The molecule has 0 aromatic heterocycles. The third-order valence-electron chi connectivity index (χ3n) is 5.15. The number of rotatable bonds is 11. The molecule has 2 aliphatic heterocycles. The SMILES string of the molecule is CN1CC[C@H](CCCOCCN2CC[C@@H](CCCOI)C2)C1. The van der Waals surface area contributed by atoms with Gasteiger partial charge in [-0.15, -0.1) is 0 Å². The van der Waals surface area contributed by atoms with E-state index >= 15 is 0 Å². The van der Waals surface area contributed by atoms with Gasteiger partial charge >= 0.3 is 0 Å². The summed E-state index contributed by atoms with van der Waals surface area (Å²) in [6.45, 7) is 8.97. The van der Waals surface area contributed by atoms with Gasteiger partial charge in [-0.2, -0.15) is 0 Å². The van der Waals surface area contributed by atoms with E-state index in [0.29, 0.717) is 0 Å². The van der Waals surface area contributed by atoms with Crippen LogP contribution in [-0.2, 0) is 7.80 Å². The van der Waals surface area contributed by atoms with Gasteiger partial charge in [0.05, 0.1) is 13.2 Å². The molecule has 2 saturated heterocycles. The van der Waals surface area contributed by atoms with E-state index in [4.69, 9.17) is 7.80 Å². The van der Waals surface area contributed by atoms with Crippen LogP contribution in [-0.4, -0.2) is 69.4 Å². The van der Waals surface area contributed by atoms with Crippen molar-refractivity contribution < 1.29 is 7.80 Å². The molecule has 0 aromatic carbocycles. The van der Waals surface area contributed by atoms with Crippen LogP contribution in [0.5, 0.6) is 0 Å². The molecule has 0 N–H and O–H groups in total. The molecule has 0 bridgehead atoms. The Hall–Kier alpha value is 0.570. The first-order valence-electron chi connectivity index (χ1n) is 9.00. The second-order valence-corrected chi connectivity index (χ2v) is 7.71. The molecule has 2 aliphatic rings. The number of nitrogens with zero attached hydrogens (tertiary/aromatic N) is 2. The Kier molecular flexibility index (Phi) is 9.61. The largest absolute Gasteiger partial charge is 0.380 e. The first-order chi connectivity index (χ1) is 10.8. The highest BCUT2D eigenvalue weighted by Gasteiger charge is 2.21. The zero-order chi connectivity index (χ0) is 15.6. The highest BCUT2D eigenvalue weighted by molar-refractivity contribution is 14.1. The van der Waals surface area contributed by atoms with Gasteiger partial charge in [0.15, 0.2) is 0 Å². The van der Waals surface area contributed by atoms with Gasteiger partial charge in [-0.05, 0) is 70.5 Å². The van der Waals surface area contributed by atoms with Crippen molar-refractivity contribution in [2.75, 3.05) is 59.6 Å². The van der Waals surface area contributed by atoms with Crippen molar-refractivity contribution in [2.45, 2.75) is 38.5 Å². The summed E-state index contributed by atoms with van der Waals surface area (Å²) in [5, 5.41) is 0. The minimum absolute atomic E-state index is 0.880. The zero-order valence-corrected chi connectivity index (χ0v) is 16.3. The Morgan fingerprint density at radius 1 is 0.955 bits per heavy atom. The van der Waals surface area contributed by atoms with Crippen molar-refractivity contribution in [1.29, 1.82) is 0 Å². The lowest BCUT2D eigenvalue weighted by atomic mass is 10.0. The fourth-order valence-electron chi connectivity index (χ4n) is 3.81. The van der Waals surface area contributed by atoms with E-state index in [-0.39, 0.29) is 0 Å². The standard InChI is InChI=1S/C17H33IN2O2/c1-19-8-6-16(14-19)4-2-11-21-13-10-20-9-7-17(15-20)5-3-12-22-18/h16-17H,2-15H2,1H3/t16-,17+/m0/s1. The average Bonchev–Trinajstić information content (AvgIpc) is 3.12. The molecule has 2 atom stereocenters. The van der Waals surface area contributed by atoms with Crippen LogP contribution >= 0.6 is 23.0 Å². The Labute approximate surface area is 150 Å². The van der Waals surface area contributed by atoms with E-state index < -0.39 is 0 Å². The van der Waals surface area contributed by atoms with Crippen molar-refractivity contribution in [1.82, 2.24) is 9.80 Å². The first-order valence-corrected chi connectivity index (χ1v) is 9.88. The minimum atomic E-state index is 0.880. The predicted octanol–water partition coefficient (Wildman–Crippen LogP) is 3.20. The molecule has 0 radical (unpaired) electrons. The number of likely N-dealkylation sites (tertiary alicyclic amines) is 2. The predicted molar refractivity (Wildman–Crippen MR) is 99.4 cm³/mol. The Morgan fingerprint density at radius 2 is 1.68 bits per heavy atom. The van der Waals surface area contributed by atoms with Crippen molar-refractivity contribution in [2.24, 2.45) is 11.8 Å². The number of halogens is 1. The van der Waals surface area contributed by atoms with Crippen LogP contribution in [0.3, 0.4) is 0 Å². The van der Waals surface area contributed by atoms with Crippen molar-refractivity contribution in [3.05, 3.63) is 0 Å². The summed E-state index contributed by atoms with van der Waals surface area (Å²) >= 11 is 1.99. The van der Waals surface area contributed by atoms with Gasteiger partial charge in [-0.3, -0.25) is 0 Å². The van der Waals surface area contributed by atoms with Crippen LogP contribution in [0.4, 0.5) is 0 Å². The zero-order valence-electron chi connectivity index (χ0n) is 14.1. The summed E-state index contributed by atoms with van der Waals surface area (Å²) in [4.78, 5) is 5.02. The molecule has 0 amide bonds. The maximum Gasteiger partial charge on any atom is 0.109 e. The number of hydrogen-bond donors (Lipinski definition) is 0.